The van der Waals surface area contributed by atoms with Gasteiger partial charge in [0.2, 0.25) is 0 Å². The fraction of sp³-hybridized carbons (Fsp3) is 0.188. The van der Waals surface area contributed by atoms with Crippen LogP contribution in [0.4, 0.5) is 0 Å². The summed E-state index contributed by atoms with van der Waals surface area (Å²) in [5, 5.41) is 9.33. The number of carbonyl (C=O) groups is 1. The minimum atomic E-state index is -0.738. The van der Waals surface area contributed by atoms with Gasteiger partial charge in [-0.3, -0.25) is 4.79 Å². The van der Waals surface area contributed by atoms with Gasteiger partial charge in [0.25, 0.3) is 0 Å². The zero-order valence-electron chi connectivity index (χ0n) is 10.5. The molecule has 19 heavy (non-hydrogen) atoms. The lowest BCUT2D eigenvalue weighted by Gasteiger charge is -2.04. The second-order valence-electron chi connectivity index (χ2n) is 4.45. The number of carboxylic acid groups (broad SMARTS) is 1. The van der Waals surface area contributed by atoms with Gasteiger partial charge < -0.3 is 5.11 Å². The van der Waals surface area contributed by atoms with Crippen LogP contribution in [0, 0.1) is 0 Å². The summed E-state index contributed by atoms with van der Waals surface area (Å²) in [5.41, 5.74) is 3.43. The molecule has 0 saturated carbocycles. The molecule has 3 heteroatoms. The molecule has 0 unspecified atom stereocenters. The molecule has 0 fully saturated rings. The van der Waals surface area contributed by atoms with Gasteiger partial charge in [-0.1, -0.05) is 48.0 Å². The Bertz CT molecular complexity index is 544. The van der Waals surface area contributed by atoms with Crippen LogP contribution in [0.1, 0.15) is 18.4 Å². The lowest BCUT2D eigenvalue weighted by atomic mass is 10.0. The largest absolute Gasteiger partial charge is 0.481 e. The number of halogens is 1. The molecular formula is C16H15ClO2. The molecule has 0 saturated heterocycles. The van der Waals surface area contributed by atoms with Crippen molar-refractivity contribution in [1.29, 1.82) is 0 Å². The Balaban J connectivity index is 2.02. The summed E-state index contributed by atoms with van der Waals surface area (Å²) in [4.78, 5) is 10.4. The van der Waals surface area contributed by atoms with Crippen molar-refractivity contribution in [2.75, 3.05) is 0 Å². The average Bonchev–Trinajstić information content (AvgIpc) is 2.40. The Morgan fingerprint density at radius 3 is 2.00 bits per heavy atom. The van der Waals surface area contributed by atoms with Gasteiger partial charge in [0.15, 0.2) is 0 Å². The average molecular weight is 275 g/mol. The van der Waals surface area contributed by atoms with Crippen LogP contribution < -0.4 is 0 Å². The summed E-state index contributed by atoms with van der Waals surface area (Å²) < 4.78 is 0. The zero-order valence-corrected chi connectivity index (χ0v) is 11.2. The number of aryl methyl sites for hydroxylation is 1. The van der Waals surface area contributed by atoms with Crippen molar-refractivity contribution in [3.8, 4) is 11.1 Å². The highest BCUT2D eigenvalue weighted by atomic mass is 35.5. The molecule has 0 radical (unpaired) electrons. The summed E-state index contributed by atoms with van der Waals surface area (Å²) in [6.45, 7) is 0. The van der Waals surface area contributed by atoms with Crippen LogP contribution in [-0.4, -0.2) is 11.1 Å². The Kier molecular flexibility index (Phi) is 4.58. The Morgan fingerprint density at radius 1 is 0.947 bits per heavy atom. The third kappa shape index (κ3) is 4.11. The summed E-state index contributed by atoms with van der Waals surface area (Å²) >= 11 is 5.86. The maximum atomic E-state index is 10.4. The van der Waals surface area contributed by atoms with Crippen LogP contribution in [0.2, 0.25) is 5.02 Å². The first-order valence-corrected chi connectivity index (χ1v) is 6.59. The van der Waals surface area contributed by atoms with E-state index in [4.69, 9.17) is 16.7 Å². The number of aliphatic carboxylic acids is 1. The molecule has 0 aromatic heterocycles. The molecule has 2 aromatic rings. The quantitative estimate of drug-likeness (QED) is 0.877. The van der Waals surface area contributed by atoms with E-state index in [1.165, 1.54) is 5.56 Å². The highest BCUT2D eigenvalue weighted by molar-refractivity contribution is 6.30. The van der Waals surface area contributed by atoms with Gasteiger partial charge in [0.1, 0.15) is 0 Å². The summed E-state index contributed by atoms with van der Waals surface area (Å²) in [5.74, 6) is -0.738. The maximum absolute atomic E-state index is 10.4. The number of carboxylic acids is 1. The number of rotatable bonds is 5. The van der Waals surface area contributed by atoms with E-state index in [-0.39, 0.29) is 6.42 Å². The minimum absolute atomic E-state index is 0.221. The Morgan fingerprint density at radius 2 is 1.47 bits per heavy atom. The predicted molar refractivity (Wildman–Crippen MR) is 77.5 cm³/mol. The molecule has 0 amide bonds. The van der Waals surface area contributed by atoms with Crippen LogP contribution in [0.15, 0.2) is 48.5 Å². The molecule has 0 aliphatic carbocycles. The normalized spacial score (nSPS) is 10.4. The van der Waals surface area contributed by atoms with Gasteiger partial charge in [0, 0.05) is 11.4 Å². The molecule has 0 spiro atoms. The third-order valence-corrected chi connectivity index (χ3v) is 3.24. The number of hydrogen-bond donors (Lipinski definition) is 1. The molecule has 0 aliphatic rings. The zero-order chi connectivity index (χ0) is 13.7. The molecule has 0 atom stereocenters. The van der Waals surface area contributed by atoms with E-state index < -0.39 is 5.97 Å². The van der Waals surface area contributed by atoms with Crippen LogP contribution in [0.3, 0.4) is 0 Å². The van der Waals surface area contributed by atoms with E-state index in [0.717, 1.165) is 22.6 Å². The predicted octanol–water partition coefficient (Wildman–Crippen LogP) is 4.41. The summed E-state index contributed by atoms with van der Waals surface area (Å²) in [6.07, 6.45) is 1.70. The molecule has 98 valence electrons. The molecule has 0 heterocycles. The molecule has 2 aromatic carbocycles. The fourth-order valence-corrected chi connectivity index (χ4v) is 2.08. The Labute approximate surface area is 117 Å². The van der Waals surface area contributed by atoms with Crippen molar-refractivity contribution in [2.24, 2.45) is 0 Å². The van der Waals surface area contributed by atoms with E-state index >= 15 is 0 Å². The highest BCUT2D eigenvalue weighted by Gasteiger charge is 2.00. The SMILES string of the molecule is O=C(O)CCCc1ccc(-c2ccc(Cl)cc2)cc1. The first-order valence-electron chi connectivity index (χ1n) is 6.22. The van der Waals surface area contributed by atoms with Crippen LogP contribution >= 0.6 is 11.6 Å². The van der Waals surface area contributed by atoms with E-state index in [1.807, 2.05) is 36.4 Å². The molecule has 2 nitrogen and oxygen atoms in total. The molecule has 0 aliphatic heterocycles. The smallest absolute Gasteiger partial charge is 0.303 e. The number of benzene rings is 2. The van der Waals surface area contributed by atoms with E-state index in [2.05, 4.69) is 12.1 Å². The minimum Gasteiger partial charge on any atom is -0.481 e. The number of hydrogen-bond acceptors (Lipinski definition) is 1. The molecule has 1 N–H and O–H groups in total. The summed E-state index contributed by atoms with van der Waals surface area (Å²) in [6, 6.07) is 15.9. The maximum Gasteiger partial charge on any atom is 0.303 e. The summed E-state index contributed by atoms with van der Waals surface area (Å²) in [7, 11) is 0. The van der Waals surface area contributed by atoms with Gasteiger partial charge in [-0.05, 0) is 41.7 Å². The van der Waals surface area contributed by atoms with Gasteiger partial charge in [-0.15, -0.1) is 0 Å². The van der Waals surface area contributed by atoms with Crippen molar-refractivity contribution in [1.82, 2.24) is 0 Å². The van der Waals surface area contributed by atoms with E-state index in [0.29, 0.717) is 6.42 Å². The van der Waals surface area contributed by atoms with Crippen molar-refractivity contribution in [3.05, 3.63) is 59.1 Å². The topological polar surface area (TPSA) is 37.3 Å². The van der Waals surface area contributed by atoms with Crippen molar-refractivity contribution < 1.29 is 9.90 Å². The fourth-order valence-electron chi connectivity index (χ4n) is 1.95. The lowest BCUT2D eigenvalue weighted by Crippen LogP contribution is -1.95. The molecule has 0 bridgehead atoms. The molecule has 2 rings (SSSR count). The highest BCUT2D eigenvalue weighted by Crippen LogP contribution is 2.22. The first kappa shape index (κ1) is 13.6. The van der Waals surface area contributed by atoms with Gasteiger partial charge in [-0.2, -0.15) is 0 Å². The van der Waals surface area contributed by atoms with Gasteiger partial charge >= 0.3 is 5.97 Å². The van der Waals surface area contributed by atoms with Gasteiger partial charge in [-0.25, -0.2) is 0 Å². The van der Waals surface area contributed by atoms with Crippen molar-refractivity contribution >= 4 is 17.6 Å². The second-order valence-corrected chi connectivity index (χ2v) is 4.89. The lowest BCUT2D eigenvalue weighted by molar-refractivity contribution is -0.137. The van der Waals surface area contributed by atoms with Crippen molar-refractivity contribution in [2.45, 2.75) is 19.3 Å². The van der Waals surface area contributed by atoms with E-state index in [9.17, 15) is 4.79 Å². The van der Waals surface area contributed by atoms with Crippen LogP contribution in [-0.2, 0) is 11.2 Å². The standard InChI is InChI=1S/C16H15ClO2/c17-15-10-8-14(9-11-15)13-6-4-12(5-7-13)2-1-3-16(18)19/h4-11H,1-3H2,(H,18,19). The van der Waals surface area contributed by atoms with Gasteiger partial charge in [0.05, 0.1) is 0 Å². The monoisotopic (exact) mass is 274 g/mol. The first-order chi connectivity index (χ1) is 9.15. The van der Waals surface area contributed by atoms with E-state index in [1.54, 1.807) is 0 Å². The van der Waals surface area contributed by atoms with Crippen LogP contribution in [0.25, 0.3) is 11.1 Å². The molecular weight excluding hydrogens is 260 g/mol. The van der Waals surface area contributed by atoms with Crippen molar-refractivity contribution in [3.63, 3.8) is 0 Å². The van der Waals surface area contributed by atoms with Crippen LogP contribution in [0.5, 0.6) is 0 Å². The Hall–Kier alpha value is -1.80. The third-order valence-electron chi connectivity index (χ3n) is 2.99. The second kappa shape index (κ2) is 6.39.